The molecule has 3 rings (SSSR count). The van der Waals surface area contributed by atoms with Crippen molar-refractivity contribution in [3.05, 3.63) is 0 Å². The number of fused-ring (bicyclic) bond motifs is 2. The molecule has 1 aliphatic heterocycles. The first kappa shape index (κ1) is 16.3. The summed E-state index contributed by atoms with van der Waals surface area (Å²) in [6.07, 6.45) is 3.95. The highest BCUT2D eigenvalue weighted by Gasteiger charge is 2.60. The number of rotatable bonds is 4. The number of piperazine rings is 1. The Morgan fingerprint density at radius 1 is 1.05 bits per heavy atom. The first-order valence-electron chi connectivity index (χ1n) is 9.12. The van der Waals surface area contributed by atoms with E-state index in [9.17, 15) is 4.79 Å². The van der Waals surface area contributed by atoms with Gasteiger partial charge in [0.05, 0.1) is 6.54 Å². The first-order chi connectivity index (χ1) is 10.4. The summed E-state index contributed by atoms with van der Waals surface area (Å²) in [4.78, 5) is 17.4. The van der Waals surface area contributed by atoms with Gasteiger partial charge in [-0.05, 0) is 50.0 Å². The van der Waals surface area contributed by atoms with Crippen molar-refractivity contribution in [3.8, 4) is 0 Å². The third kappa shape index (κ3) is 2.58. The molecule has 0 unspecified atom stereocenters. The summed E-state index contributed by atoms with van der Waals surface area (Å²) < 4.78 is 0. The molecule has 3 aliphatic rings. The van der Waals surface area contributed by atoms with Crippen LogP contribution in [0.2, 0.25) is 0 Å². The number of nitrogens with one attached hydrogen (secondary N) is 1. The van der Waals surface area contributed by atoms with Crippen LogP contribution in [0.15, 0.2) is 0 Å². The second-order valence-corrected chi connectivity index (χ2v) is 8.39. The largest absolute Gasteiger partial charge is 0.349 e. The van der Waals surface area contributed by atoms with Gasteiger partial charge in [0.25, 0.3) is 0 Å². The van der Waals surface area contributed by atoms with Gasteiger partial charge in [0, 0.05) is 31.7 Å². The van der Waals surface area contributed by atoms with Crippen LogP contribution < -0.4 is 5.32 Å². The van der Waals surface area contributed by atoms with E-state index in [0.29, 0.717) is 12.5 Å². The van der Waals surface area contributed by atoms with Crippen LogP contribution in [0.3, 0.4) is 0 Å². The molecule has 4 heteroatoms. The Morgan fingerprint density at radius 2 is 1.64 bits per heavy atom. The number of amides is 1. The van der Waals surface area contributed by atoms with Crippen LogP contribution in [0, 0.1) is 17.3 Å². The molecule has 3 atom stereocenters. The number of nitrogens with zero attached hydrogens (tertiary/aromatic N) is 2. The van der Waals surface area contributed by atoms with E-state index in [1.54, 1.807) is 0 Å². The van der Waals surface area contributed by atoms with Crippen LogP contribution in [-0.4, -0.2) is 60.5 Å². The Hall–Kier alpha value is -0.610. The number of likely N-dealkylation sites (N-methyl/N-ethyl adjacent to an activating group) is 1. The molecule has 4 nitrogen and oxygen atoms in total. The van der Waals surface area contributed by atoms with Crippen molar-refractivity contribution >= 4 is 5.91 Å². The van der Waals surface area contributed by atoms with E-state index < -0.39 is 0 Å². The highest BCUT2D eigenvalue weighted by molar-refractivity contribution is 5.79. The topological polar surface area (TPSA) is 35.6 Å². The maximum atomic E-state index is 12.6. The molecule has 0 aromatic carbocycles. The van der Waals surface area contributed by atoms with Gasteiger partial charge in [-0.25, -0.2) is 0 Å². The molecule has 1 heterocycles. The molecule has 2 aliphatic carbocycles. The van der Waals surface area contributed by atoms with E-state index in [1.807, 2.05) is 0 Å². The summed E-state index contributed by atoms with van der Waals surface area (Å²) in [5.41, 5.74) is 0.213. The smallest absolute Gasteiger partial charge is 0.234 e. The quantitative estimate of drug-likeness (QED) is 0.862. The zero-order chi connectivity index (χ0) is 16.0. The molecule has 1 N–H and O–H groups in total. The zero-order valence-corrected chi connectivity index (χ0v) is 14.8. The fourth-order valence-corrected chi connectivity index (χ4v) is 5.17. The summed E-state index contributed by atoms with van der Waals surface area (Å²) in [5, 5.41) is 3.46. The van der Waals surface area contributed by atoms with Crippen molar-refractivity contribution in [2.24, 2.45) is 17.3 Å². The molecular formula is C18H33N3O. The van der Waals surface area contributed by atoms with E-state index in [2.05, 4.69) is 42.8 Å². The van der Waals surface area contributed by atoms with E-state index >= 15 is 0 Å². The summed E-state index contributed by atoms with van der Waals surface area (Å²) >= 11 is 0. The highest BCUT2D eigenvalue weighted by atomic mass is 16.2. The Bertz CT molecular complexity index is 428. The third-order valence-electron chi connectivity index (χ3n) is 7.29. The number of carbonyl (C=O) groups is 1. The SMILES string of the molecule is CCN1CCN(CC(=O)N[C@@]2(C)[C@H]3CC[C@H](C3)C2(C)C)CC1. The molecule has 0 aromatic heterocycles. The van der Waals surface area contributed by atoms with Crippen molar-refractivity contribution < 1.29 is 4.79 Å². The molecule has 0 aromatic rings. The molecule has 2 bridgehead atoms. The second kappa shape index (κ2) is 5.79. The van der Waals surface area contributed by atoms with Gasteiger partial charge in [0.2, 0.25) is 5.91 Å². The van der Waals surface area contributed by atoms with Gasteiger partial charge in [0.15, 0.2) is 0 Å². The molecule has 3 fully saturated rings. The van der Waals surface area contributed by atoms with Crippen LogP contribution in [0.5, 0.6) is 0 Å². The lowest BCUT2D eigenvalue weighted by atomic mass is 9.64. The molecule has 1 saturated heterocycles. The third-order valence-corrected chi connectivity index (χ3v) is 7.29. The Kier molecular flexibility index (Phi) is 4.28. The Morgan fingerprint density at radius 3 is 2.18 bits per heavy atom. The summed E-state index contributed by atoms with van der Waals surface area (Å²) in [7, 11) is 0. The van der Waals surface area contributed by atoms with Gasteiger partial charge in [0.1, 0.15) is 0 Å². The van der Waals surface area contributed by atoms with Gasteiger partial charge >= 0.3 is 0 Å². The Labute approximate surface area is 135 Å². The number of hydrogen-bond donors (Lipinski definition) is 1. The minimum absolute atomic E-state index is 0.0156. The van der Waals surface area contributed by atoms with E-state index in [0.717, 1.165) is 38.6 Å². The lowest BCUT2D eigenvalue weighted by Crippen LogP contribution is -2.61. The number of hydrogen-bond acceptors (Lipinski definition) is 3. The van der Waals surface area contributed by atoms with Gasteiger partial charge in [-0.3, -0.25) is 9.69 Å². The second-order valence-electron chi connectivity index (χ2n) is 8.39. The highest BCUT2D eigenvalue weighted by Crippen LogP contribution is 2.61. The number of carbonyl (C=O) groups excluding carboxylic acids is 1. The van der Waals surface area contributed by atoms with Crippen LogP contribution in [0.25, 0.3) is 0 Å². The van der Waals surface area contributed by atoms with Crippen molar-refractivity contribution in [2.75, 3.05) is 39.3 Å². The average Bonchev–Trinajstić information content (AvgIpc) is 3.03. The summed E-state index contributed by atoms with van der Waals surface area (Å²) in [6, 6.07) is 0. The molecule has 22 heavy (non-hydrogen) atoms. The van der Waals surface area contributed by atoms with Crippen LogP contribution in [-0.2, 0) is 4.79 Å². The van der Waals surface area contributed by atoms with E-state index in [1.165, 1.54) is 19.3 Å². The molecule has 1 amide bonds. The van der Waals surface area contributed by atoms with Crippen LogP contribution >= 0.6 is 0 Å². The monoisotopic (exact) mass is 307 g/mol. The van der Waals surface area contributed by atoms with Crippen LogP contribution in [0.1, 0.15) is 47.0 Å². The van der Waals surface area contributed by atoms with E-state index in [4.69, 9.17) is 0 Å². The maximum absolute atomic E-state index is 12.6. The lowest BCUT2D eigenvalue weighted by molar-refractivity contribution is -0.127. The van der Waals surface area contributed by atoms with Gasteiger partial charge in [-0.15, -0.1) is 0 Å². The van der Waals surface area contributed by atoms with Crippen molar-refractivity contribution in [3.63, 3.8) is 0 Å². The predicted octanol–water partition coefficient (Wildman–Crippen LogP) is 1.95. The minimum Gasteiger partial charge on any atom is -0.349 e. The molecular weight excluding hydrogens is 274 g/mol. The van der Waals surface area contributed by atoms with Gasteiger partial charge in [-0.1, -0.05) is 20.8 Å². The van der Waals surface area contributed by atoms with Crippen molar-refractivity contribution in [1.29, 1.82) is 0 Å². The van der Waals surface area contributed by atoms with E-state index in [-0.39, 0.29) is 16.9 Å². The van der Waals surface area contributed by atoms with Gasteiger partial charge < -0.3 is 10.2 Å². The lowest BCUT2D eigenvalue weighted by Gasteiger charge is -2.48. The standard InChI is InChI=1S/C18H33N3O/c1-5-20-8-10-21(11-9-20)13-16(22)19-18(4)15-7-6-14(12-15)17(18,2)3/h14-15H,5-13H2,1-4H3,(H,19,22)/t14-,15+,18+/m1/s1. The maximum Gasteiger partial charge on any atom is 0.234 e. The fourth-order valence-electron chi connectivity index (χ4n) is 5.17. The zero-order valence-electron chi connectivity index (χ0n) is 14.8. The normalized spacial score (nSPS) is 38.4. The van der Waals surface area contributed by atoms with Crippen molar-refractivity contribution in [2.45, 2.75) is 52.5 Å². The first-order valence-corrected chi connectivity index (χ1v) is 9.12. The summed E-state index contributed by atoms with van der Waals surface area (Å²) in [6.45, 7) is 15.1. The minimum atomic E-state index is -0.0156. The van der Waals surface area contributed by atoms with Crippen molar-refractivity contribution in [1.82, 2.24) is 15.1 Å². The molecule has 126 valence electrons. The van der Waals surface area contributed by atoms with Crippen LogP contribution in [0.4, 0.5) is 0 Å². The summed E-state index contributed by atoms with van der Waals surface area (Å²) in [5.74, 6) is 1.69. The predicted molar refractivity (Wildman–Crippen MR) is 89.7 cm³/mol. The molecule has 0 spiro atoms. The Balaban J connectivity index is 1.56. The molecule has 2 saturated carbocycles. The van der Waals surface area contributed by atoms with Gasteiger partial charge in [-0.2, -0.15) is 0 Å². The fraction of sp³-hybridized carbons (Fsp3) is 0.944. The average molecular weight is 307 g/mol. The molecule has 0 radical (unpaired) electrons.